The van der Waals surface area contributed by atoms with Crippen LogP contribution in [0.25, 0.3) is 0 Å². The Morgan fingerprint density at radius 3 is 2.20 bits per heavy atom. The van der Waals surface area contributed by atoms with Crippen LogP contribution >= 0.6 is 0 Å². The van der Waals surface area contributed by atoms with Crippen LogP contribution in [0.3, 0.4) is 0 Å². The van der Waals surface area contributed by atoms with Crippen molar-refractivity contribution < 1.29 is 8.42 Å². The molecule has 0 radical (unpaired) electrons. The molecule has 1 N–H and O–H groups in total. The summed E-state index contributed by atoms with van der Waals surface area (Å²) in [6, 6.07) is 15.2. The minimum absolute atomic E-state index is 0.0403. The highest BCUT2D eigenvalue weighted by molar-refractivity contribution is 7.90. The number of benzene rings is 2. The molecular formula is C16H19NO2S. The van der Waals surface area contributed by atoms with Crippen molar-refractivity contribution in [2.45, 2.75) is 24.8 Å². The van der Waals surface area contributed by atoms with Crippen molar-refractivity contribution in [1.29, 1.82) is 0 Å². The first kappa shape index (κ1) is 14.6. The van der Waals surface area contributed by atoms with E-state index in [2.05, 4.69) is 29.6 Å². The van der Waals surface area contributed by atoms with E-state index < -0.39 is 9.84 Å². The van der Waals surface area contributed by atoms with Gasteiger partial charge in [-0.15, -0.1) is 0 Å². The summed E-state index contributed by atoms with van der Waals surface area (Å²) in [6.45, 7) is 4.06. The number of aryl methyl sites for hydroxylation is 1. The van der Waals surface area contributed by atoms with Gasteiger partial charge in [0.1, 0.15) is 0 Å². The van der Waals surface area contributed by atoms with Gasteiger partial charge in [-0.05, 0) is 31.5 Å². The van der Waals surface area contributed by atoms with E-state index in [1.165, 1.54) is 11.8 Å². The molecule has 0 aliphatic rings. The lowest BCUT2D eigenvalue weighted by molar-refractivity contribution is 0.602. The summed E-state index contributed by atoms with van der Waals surface area (Å²) in [5, 5.41) is 3.27. The molecule has 0 aliphatic carbocycles. The zero-order valence-electron chi connectivity index (χ0n) is 11.9. The molecule has 0 amide bonds. The molecule has 0 bridgehead atoms. The molecule has 0 saturated carbocycles. The van der Waals surface area contributed by atoms with Gasteiger partial charge in [0.05, 0.1) is 10.6 Å². The highest BCUT2D eigenvalue weighted by atomic mass is 32.2. The lowest BCUT2D eigenvalue weighted by Gasteiger charge is -2.18. The van der Waals surface area contributed by atoms with Gasteiger partial charge in [-0.1, -0.05) is 42.0 Å². The standard InChI is InChI=1S/C16H19NO2S/c1-12-8-10-14(11-9-12)13(2)17-15-6-4-5-7-16(15)20(3,18)19/h4-11,13,17H,1-3H3. The van der Waals surface area contributed by atoms with Crippen LogP contribution in [0.1, 0.15) is 24.1 Å². The van der Waals surface area contributed by atoms with Crippen LogP contribution in [0.15, 0.2) is 53.4 Å². The zero-order chi connectivity index (χ0) is 14.8. The van der Waals surface area contributed by atoms with Gasteiger partial charge in [0.15, 0.2) is 9.84 Å². The van der Waals surface area contributed by atoms with E-state index in [0.29, 0.717) is 10.6 Å². The molecule has 4 heteroatoms. The minimum atomic E-state index is -3.23. The number of nitrogens with one attached hydrogen (secondary N) is 1. The summed E-state index contributed by atoms with van der Waals surface area (Å²) >= 11 is 0. The Bertz CT molecular complexity index is 691. The van der Waals surface area contributed by atoms with Crippen LogP contribution < -0.4 is 5.32 Å². The SMILES string of the molecule is Cc1ccc(C(C)Nc2ccccc2S(C)(=O)=O)cc1. The fourth-order valence-corrected chi connectivity index (χ4v) is 2.93. The van der Waals surface area contributed by atoms with Crippen LogP contribution in [-0.2, 0) is 9.84 Å². The van der Waals surface area contributed by atoms with Gasteiger partial charge in [0, 0.05) is 12.3 Å². The fraction of sp³-hybridized carbons (Fsp3) is 0.250. The molecule has 2 rings (SSSR count). The van der Waals surface area contributed by atoms with Crippen molar-refractivity contribution in [2.75, 3.05) is 11.6 Å². The molecule has 0 aromatic heterocycles. The molecule has 0 saturated heterocycles. The van der Waals surface area contributed by atoms with Gasteiger partial charge in [0.25, 0.3) is 0 Å². The Hall–Kier alpha value is -1.81. The number of anilines is 1. The second kappa shape index (κ2) is 5.67. The first-order chi connectivity index (χ1) is 9.38. The van der Waals surface area contributed by atoms with Crippen molar-refractivity contribution in [3.63, 3.8) is 0 Å². The first-order valence-electron chi connectivity index (χ1n) is 6.50. The average Bonchev–Trinajstić information content (AvgIpc) is 2.38. The smallest absolute Gasteiger partial charge is 0.177 e. The van der Waals surface area contributed by atoms with E-state index in [0.717, 1.165) is 5.56 Å². The van der Waals surface area contributed by atoms with E-state index >= 15 is 0 Å². The van der Waals surface area contributed by atoms with Crippen molar-refractivity contribution in [3.05, 3.63) is 59.7 Å². The predicted molar refractivity (Wildman–Crippen MR) is 82.8 cm³/mol. The molecule has 1 atom stereocenters. The summed E-state index contributed by atoms with van der Waals surface area (Å²) in [5.74, 6) is 0. The van der Waals surface area contributed by atoms with E-state index in [-0.39, 0.29) is 6.04 Å². The van der Waals surface area contributed by atoms with Crippen molar-refractivity contribution in [1.82, 2.24) is 0 Å². The summed E-state index contributed by atoms with van der Waals surface area (Å²) in [7, 11) is -3.23. The monoisotopic (exact) mass is 289 g/mol. The maximum absolute atomic E-state index is 11.8. The maximum atomic E-state index is 11.8. The highest BCUT2D eigenvalue weighted by Gasteiger charge is 2.14. The summed E-state index contributed by atoms with van der Waals surface area (Å²) in [6.07, 6.45) is 1.23. The van der Waals surface area contributed by atoms with Gasteiger partial charge in [-0.3, -0.25) is 0 Å². The third-order valence-corrected chi connectivity index (χ3v) is 4.39. The molecule has 0 spiro atoms. The number of hydrogen-bond acceptors (Lipinski definition) is 3. The summed E-state index contributed by atoms with van der Waals surface area (Å²) in [4.78, 5) is 0.332. The predicted octanol–water partition coefficient (Wildman–Crippen LogP) is 3.57. The van der Waals surface area contributed by atoms with E-state index in [1.54, 1.807) is 18.2 Å². The molecule has 20 heavy (non-hydrogen) atoms. The summed E-state index contributed by atoms with van der Waals surface area (Å²) < 4.78 is 23.6. The van der Waals surface area contributed by atoms with Gasteiger partial charge in [-0.25, -0.2) is 8.42 Å². The Balaban J connectivity index is 2.28. The number of rotatable bonds is 4. The van der Waals surface area contributed by atoms with Crippen LogP contribution in [0.2, 0.25) is 0 Å². The van der Waals surface area contributed by atoms with Gasteiger partial charge >= 0.3 is 0 Å². The number of sulfone groups is 1. The molecule has 2 aromatic carbocycles. The lowest BCUT2D eigenvalue weighted by Crippen LogP contribution is -2.10. The Labute approximate surface area is 120 Å². The van der Waals surface area contributed by atoms with Gasteiger partial charge < -0.3 is 5.32 Å². The van der Waals surface area contributed by atoms with Crippen LogP contribution in [0, 0.1) is 6.92 Å². The zero-order valence-corrected chi connectivity index (χ0v) is 12.7. The van der Waals surface area contributed by atoms with Crippen LogP contribution in [-0.4, -0.2) is 14.7 Å². The van der Waals surface area contributed by atoms with Crippen molar-refractivity contribution >= 4 is 15.5 Å². The van der Waals surface area contributed by atoms with Crippen LogP contribution in [0.5, 0.6) is 0 Å². The molecule has 3 nitrogen and oxygen atoms in total. The van der Waals surface area contributed by atoms with E-state index in [9.17, 15) is 8.42 Å². The first-order valence-corrected chi connectivity index (χ1v) is 8.39. The topological polar surface area (TPSA) is 46.2 Å². The molecule has 0 heterocycles. The normalized spacial score (nSPS) is 12.9. The van der Waals surface area contributed by atoms with Gasteiger partial charge in [0.2, 0.25) is 0 Å². The molecule has 2 aromatic rings. The van der Waals surface area contributed by atoms with Crippen molar-refractivity contribution in [3.8, 4) is 0 Å². The Kier molecular flexibility index (Phi) is 4.14. The summed E-state index contributed by atoms with van der Waals surface area (Å²) in [5.41, 5.74) is 2.97. The third kappa shape index (κ3) is 3.39. The Morgan fingerprint density at radius 1 is 1.00 bits per heavy atom. The second-order valence-electron chi connectivity index (χ2n) is 5.05. The van der Waals surface area contributed by atoms with Crippen molar-refractivity contribution in [2.24, 2.45) is 0 Å². The number of para-hydroxylation sites is 1. The Morgan fingerprint density at radius 2 is 1.60 bits per heavy atom. The van der Waals surface area contributed by atoms with E-state index in [1.807, 2.05) is 19.9 Å². The highest BCUT2D eigenvalue weighted by Crippen LogP contribution is 2.25. The second-order valence-corrected chi connectivity index (χ2v) is 7.03. The average molecular weight is 289 g/mol. The maximum Gasteiger partial charge on any atom is 0.177 e. The van der Waals surface area contributed by atoms with E-state index in [4.69, 9.17) is 0 Å². The number of hydrogen-bond donors (Lipinski definition) is 1. The molecule has 1 unspecified atom stereocenters. The molecule has 0 aliphatic heterocycles. The largest absolute Gasteiger partial charge is 0.377 e. The minimum Gasteiger partial charge on any atom is -0.377 e. The molecular weight excluding hydrogens is 270 g/mol. The lowest BCUT2D eigenvalue weighted by atomic mass is 10.1. The molecule has 106 valence electrons. The third-order valence-electron chi connectivity index (χ3n) is 3.24. The van der Waals surface area contributed by atoms with Crippen LogP contribution in [0.4, 0.5) is 5.69 Å². The van der Waals surface area contributed by atoms with Gasteiger partial charge in [-0.2, -0.15) is 0 Å². The quantitative estimate of drug-likeness (QED) is 0.936. The fourth-order valence-electron chi connectivity index (χ4n) is 2.08. The molecule has 0 fully saturated rings.